The quantitative estimate of drug-likeness (QED) is 0.908. The third-order valence-electron chi connectivity index (χ3n) is 5.78. The van der Waals surface area contributed by atoms with Gasteiger partial charge >= 0.3 is 0 Å². The first-order chi connectivity index (χ1) is 9.05. The predicted molar refractivity (Wildman–Crippen MR) is 71.1 cm³/mol. The minimum atomic E-state index is -0.446. The van der Waals surface area contributed by atoms with Gasteiger partial charge in [-0.1, -0.05) is 5.16 Å². The van der Waals surface area contributed by atoms with E-state index in [0.717, 1.165) is 24.2 Å². The van der Waals surface area contributed by atoms with Crippen LogP contribution in [-0.2, 0) is 5.54 Å². The lowest BCUT2D eigenvalue weighted by molar-refractivity contribution is -0.0681. The molecule has 5 rings (SSSR count). The molecule has 0 saturated heterocycles. The van der Waals surface area contributed by atoms with E-state index in [4.69, 9.17) is 10.3 Å². The van der Waals surface area contributed by atoms with Crippen LogP contribution in [0.15, 0.2) is 10.9 Å². The number of nitrogens with zero attached hydrogens (tertiary/aromatic N) is 2. The Morgan fingerprint density at radius 3 is 2.32 bits per heavy atom. The van der Waals surface area contributed by atoms with Crippen molar-refractivity contribution in [2.75, 3.05) is 0 Å². The Morgan fingerprint density at radius 2 is 1.84 bits per heavy atom. The summed E-state index contributed by atoms with van der Waals surface area (Å²) in [7, 11) is 0. The molecule has 1 unspecified atom stereocenters. The van der Waals surface area contributed by atoms with Gasteiger partial charge < -0.3 is 10.3 Å². The number of hydrogen-bond acceptors (Lipinski definition) is 4. The predicted octanol–water partition coefficient (Wildman–Crippen LogP) is 2.85. The van der Waals surface area contributed by atoms with E-state index in [2.05, 4.69) is 17.1 Å². The van der Waals surface area contributed by atoms with Crippen LogP contribution in [0.1, 0.15) is 57.7 Å². The largest absolute Gasteiger partial charge is 0.343 e. The maximum Gasteiger partial charge on any atom is 0.213 e. The van der Waals surface area contributed by atoms with Crippen molar-refractivity contribution in [3.8, 4) is 0 Å². The molecule has 4 saturated carbocycles. The number of nitrogens with two attached hydrogens (primary N) is 1. The molecular weight excluding hydrogens is 238 g/mol. The lowest BCUT2D eigenvalue weighted by Gasteiger charge is -2.58. The summed E-state index contributed by atoms with van der Waals surface area (Å²) in [4.78, 5) is 4.18. The summed E-state index contributed by atoms with van der Waals surface area (Å²) in [5.74, 6) is 3.56. The first kappa shape index (κ1) is 11.9. The van der Waals surface area contributed by atoms with Gasteiger partial charge in [-0.2, -0.15) is 4.98 Å². The molecule has 19 heavy (non-hydrogen) atoms. The first-order valence-corrected chi connectivity index (χ1v) is 7.60. The van der Waals surface area contributed by atoms with Gasteiger partial charge in [0.1, 0.15) is 0 Å². The number of rotatable bonds is 3. The molecule has 2 N–H and O–H groups in total. The second-order valence-corrected chi connectivity index (χ2v) is 7.77. The monoisotopic (exact) mass is 261 g/mol. The van der Waals surface area contributed by atoms with Gasteiger partial charge in [0.2, 0.25) is 6.39 Å². The van der Waals surface area contributed by atoms with E-state index in [-0.39, 0.29) is 0 Å². The molecule has 4 heteroatoms. The minimum Gasteiger partial charge on any atom is -0.343 e. The molecule has 1 heterocycles. The zero-order valence-electron chi connectivity index (χ0n) is 11.6. The summed E-state index contributed by atoms with van der Waals surface area (Å²) in [6.45, 7) is 2.07. The van der Waals surface area contributed by atoms with Crippen LogP contribution in [0.5, 0.6) is 0 Å². The molecule has 4 nitrogen and oxygen atoms in total. The van der Waals surface area contributed by atoms with E-state index < -0.39 is 5.54 Å². The van der Waals surface area contributed by atoms with Crippen LogP contribution >= 0.6 is 0 Å². The van der Waals surface area contributed by atoms with Crippen molar-refractivity contribution in [1.82, 2.24) is 10.1 Å². The molecule has 4 aliphatic rings. The van der Waals surface area contributed by atoms with Crippen LogP contribution in [0.3, 0.4) is 0 Å². The van der Waals surface area contributed by atoms with Crippen LogP contribution in [-0.4, -0.2) is 10.1 Å². The highest BCUT2D eigenvalue weighted by Gasteiger charge is 2.53. The summed E-state index contributed by atoms with van der Waals surface area (Å²) < 4.78 is 4.88. The maximum atomic E-state index is 6.52. The van der Waals surface area contributed by atoms with Gasteiger partial charge in [-0.25, -0.2) is 0 Å². The Bertz CT molecular complexity index is 430. The molecule has 1 atom stereocenters. The molecule has 4 bridgehead atoms. The highest BCUT2D eigenvalue weighted by Crippen LogP contribution is 2.62. The number of hydrogen-bond donors (Lipinski definition) is 1. The van der Waals surface area contributed by atoms with Crippen LogP contribution in [0, 0.1) is 23.2 Å². The molecular formula is C15H23N3O. The first-order valence-electron chi connectivity index (χ1n) is 7.60. The Balaban J connectivity index is 1.59. The van der Waals surface area contributed by atoms with E-state index in [1.165, 1.54) is 44.9 Å². The topological polar surface area (TPSA) is 64.9 Å². The van der Waals surface area contributed by atoms with Crippen molar-refractivity contribution in [1.29, 1.82) is 0 Å². The van der Waals surface area contributed by atoms with Gasteiger partial charge in [0.15, 0.2) is 5.82 Å². The van der Waals surface area contributed by atoms with Gasteiger partial charge in [0, 0.05) is 0 Å². The molecule has 4 fully saturated rings. The number of aromatic nitrogens is 2. The van der Waals surface area contributed by atoms with Gasteiger partial charge in [-0.05, 0) is 75.0 Å². The van der Waals surface area contributed by atoms with Crippen molar-refractivity contribution in [3.05, 3.63) is 12.2 Å². The van der Waals surface area contributed by atoms with Gasteiger partial charge in [-0.3, -0.25) is 0 Å². The molecule has 0 amide bonds. The summed E-state index contributed by atoms with van der Waals surface area (Å²) in [5, 5.41) is 3.97. The molecule has 0 aliphatic heterocycles. The molecule has 0 radical (unpaired) electrons. The fourth-order valence-electron chi connectivity index (χ4n) is 5.79. The zero-order valence-corrected chi connectivity index (χ0v) is 11.6. The average molecular weight is 261 g/mol. The normalized spacial score (nSPS) is 43.4. The highest BCUT2D eigenvalue weighted by atomic mass is 16.5. The van der Waals surface area contributed by atoms with E-state index in [9.17, 15) is 0 Å². The third kappa shape index (κ3) is 1.92. The summed E-state index contributed by atoms with van der Waals surface area (Å²) in [5.41, 5.74) is 6.53. The molecule has 0 spiro atoms. The lowest BCUT2D eigenvalue weighted by atomic mass is 9.47. The van der Waals surface area contributed by atoms with Gasteiger partial charge in [-0.15, -0.1) is 0 Å². The average Bonchev–Trinajstić information content (AvgIpc) is 2.78. The van der Waals surface area contributed by atoms with Crippen molar-refractivity contribution in [2.45, 2.75) is 57.4 Å². The van der Waals surface area contributed by atoms with E-state index in [1.807, 2.05) is 0 Å². The lowest BCUT2D eigenvalue weighted by Crippen LogP contribution is -2.50. The second kappa shape index (κ2) is 3.81. The second-order valence-electron chi connectivity index (χ2n) is 7.77. The minimum absolute atomic E-state index is 0.446. The molecule has 4 aliphatic carbocycles. The van der Waals surface area contributed by atoms with Gasteiger partial charge in [0.05, 0.1) is 5.54 Å². The van der Waals surface area contributed by atoms with Crippen LogP contribution in [0.2, 0.25) is 0 Å². The molecule has 104 valence electrons. The Labute approximate surface area is 114 Å². The van der Waals surface area contributed by atoms with Crippen molar-refractivity contribution in [2.24, 2.45) is 28.9 Å². The smallest absolute Gasteiger partial charge is 0.213 e. The maximum absolute atomic E-state index is 6.52. The third-order valence-corrected chi connectivity index (χ3v) is 5.78. The van der Waals surface area contributed by atoms with E-state index in [1.54, 1.807) is 0 Å². The summed E-state index contributed by atoms with van der Waals surface area (Å²) in [6.07, 6.45) is 11.0. The van der Waals surface area contributed by atoms with Crippen molar-refractivity contribution in [3.63, 3.8) is 0 Å². The highest BCUT2D eigenvalue weighted by molar-refractivity contribution is 5.08. The fourth-order valence-corrected chi connectivity index (χ4v) is 5.79. The van der Waals surface area contributed by atoms with Crippen molar-refractivity contribution >= 4 is 0 Å². The Hall–Kier alpha value is -0.900. The Kier molecular flexibility index (Phi) is 2.39. The molecule has 1 aromatic heterocycles. The standard InChI is InChI=1S/C15H23N3O/c1-14(16,13-17-9-19-18-13)8-15-5-10-2-11(6-15)4-12(3-10)7-15/h9-12H,2-8,16H2,1H3. The Morgan fingerprint density at radius 1 is 1.26 bits per heavy atom. The molecule has 1 aromatic rings. The molecule has 0 aromatic carbocycles. The summed E-state index contributed by atoms with van der Waals surface area (Å²) >= 11 is 0. The zero-order chi connectivity index (χ0) is 13.1. The SMILES string of the molecule is CC(N)(CC12CC3CC(CC(C3)C1)C2)c1ncon1. The van der Waals surface area contributed by atoms with Crippen LogP contribution in [0.25, 0.3) is 0 Å². The van der Waals surface area contributed by atoms with E-state index in [0.29, 0.717) is 11.2 Å². The van der Waals surface area contributed by atoms with E-state index >= 15 is 0 Å². The summed E-state index contributed by atoms with van der Waals surface area (Å²) in [6, 6.07) is 0. The van der Waals surface area contributed by atoms with Crippen molar-refractivity contribution < 1.29 is 4.52 Å². The van der Waals surface area contributed by atoms with Crippen LogP contribution in [0.4, 0.5) is 0 Å². The van der Waals surface area contributed by atoms with Crippen LogP contribution < -0.4 is 5.73 Å². The fraction of sp³-hybridized carbons (Fsp3) is 0.867. The van der Waals surface area contributed by atoms with Gasteiger partial charge in [0.25, 0.3) is 0 Å².